The Bertz CT molecular complexity index is 1270. The van der Waals surface area contributed by atoms with E-state index in [1.54, 1.807) is 54.6 Å². The number of ether oxygens (including phenoxy) is 3. The molecule has 0 atom stereocenters. The monoisotopic (exact) mass is 477 g/mol. The molecule has 2 N–H and O–H groups in total. The zero-order valence-corrected chi connectivity index (χ0v) is 19.2. The lowest BCUT2D eigenvalue weighted by molar-refractivity contribution is -0.385. The number of benzene rings is 3. The zero-order valence-electron chi connectivity index (χ0n) is 19.2. The van der Waals surface area contributed by atoms with Gasteiger partial charge in [0, 0.05) is 5.56 Å². The number of hydrogen-bond donors (Lipinski definition) is 2. The molecule has 0 heterocycles. The molecule has 180 valence electrons. The van der Waals surface area contributed by atoms with Crippen molar-refractivity contribution in [1.29, 1.82) is 0 Å². The quantitative estimate of drug-likeness (QED) is 0.270. The van der Waals surface area contributed by atoms with Crippen molar-refractivity contribution in [1.82, 2.24) is 5.32 Å². The van der Waals surface area contributed by atoms with Crippen molar-refractivity contribution in [2.45, 2.75) is 0 Å². The summed E-state index contributed by atoms with van der Waals surface area (Å²) in [6.07, 6.45) is 1.20. The molecule has 35 heavy (non-hydrogen) atoms. The van der Waals surface area contributed by atoms with Crippen molar-refractivity contribution in [3.8, 4) is 17.2 Å². The third-order valence-electron chi connectivity index (χ3n) is 4.91. The number of anilines is 1. The van der Waals surface area contributed by atoms with E-state index in [-0.39, 0.29) is 28.4 Å². The molecule has 0 saturated carbocycles. The average molecular weight is 477 g/mol. The number of hydrogen-bond acceptors (Lipinski definition) is 7. The number of para-hydroxylation sites is 2. The van der Waals surface area contributed by atoms with E-state index < -0.39 is 16.7 Å². The Balaban J connectivity index is 2.09. The molecule has 0 aliphatic carbocycles. The van der Waals surface area contributed by atoms with E-state index in [2.05, 4.69) is 10.6 Å². The first-order valence-corrected chi connectivity index (χ1v) is 10.3. The number of nitro benzene ring substituents is 1. The molecule has 0 radical (unpaired) electrons. The van der Waals surface area contributed by atoms with E-state index in [1.807, 2.05) is 0 Å². The van der Waals surface area contributed by atoms with E-state index in [9.17, 15) is 19.7 Å². The highest BCUT2D eigenvalue weighted by Gasteiger charge is 2.22. The lowest BCUT2D eigenvalue weighted by Gasteiger charge is -2.14. The molecule has 3 aromatic carbocycles. The van der Waals surface area contributed by atoms with Gasteiger partial charge >= 0.3 is 0 Å². The molecule has 10 heteroatoms. The van der Waals surface area contributed by atoms with Gasteiger partial charge in [0.1, 0.15) is 11.4 Å². The molecule has 2 amide bonds. The summed E-state index contributed by atoms with van der Waals surface area (Å²) in [5, 5.41) is 16.9. The summed E-state index contributed by atoms with van der Waals surface area (Å²) in [6, 6.07) is 17.5. The van der Waals surface area contributed by atoms with E-state index in [4.69, 9.17) is 14.2 Å². The second-order valence-electron chi connectivity index (χ2n) is 7.06. The van der Waals surface area contributed by atoms with Crippen LogP contribution in [0.25, 0.3) is 6.08 Å². The number of amides is 2. The van der Waals surface area contributed by atoms with Crippen molar-refractivity contribution in [3.63, 3.8) is 0 Å². The summed E-state index contributed by atoms with van der Waals surface area (Å²) in [7, 11) is 4.18. The summed E-state index contributed by atoms with van der Waals surface area (Å²) in [6.45, 7) is 0. The number of carbonyl (C=O) groups is 2. The highest BCUT2D eigenvalue weighted by atomic mass is 16.6. The number of rotatable bonds is 9. The van der Waals surface area contributed by atoms with Gasteiger partial charge in [0.2, 0.25) is 0 Å². The van der Waals surface area contributed by atoms with Crippen LogP contribution in [-0.4, -0.2) is 38.1 Å². The summed E-state index contributed by atoms with van der Waals surface area (Å²) >= 11 is 0. The molecule has 0 spiro atoms. The second-order valence-corrected chi connectivity index (χ2v) is 7.06. The van der Waals surface area contributed by atoms with Crippen LogP contribution in [0.4, 0.5) is 11.4 Å². The van der Waals surface area contributed by atoms with Gasteiger partial charge in [-0.05, 0) is 36.4 Å². The Kier molecular flexibility index (Phi) is 8.02. The second kappa shape index (κ2) is 11.3. The van der Waals surface area contributed by atoms with Gasteiger partial charge in [-0.1, -0.05) is 30.3 Å². The number of carbonyl (C=O) groups excluding carboxylic acids is 2. The van der Waals surface area contributed by atoms with Gasteiger partial charge < -0.3 is 24.8 Å². The van der Waals surface area contributed by atoms with Crippen LogP contribution >= 0.6 is 0 Å². The molecule has 3 aromatic rings. The van der Waals surface area contributed by atoms with Crippen molar-refractivity contribution in [3.05, 3.63) is 93.7 Å². The largest absolute Gasteiger partial charge is 0.495 e. The van der Waals surface area contributed by atoms with E-state index in [0.29, 0.717) is 17.0 Å². The molecule has 0 bridgehead atoms. The predicted molar refractivity (Wildman–Crippen MR) is 130 cm³/mol. The average Bonchev–Trinajstić information content (AvgIpc) is 2.88. The van der Waals surface area contributed by atoms with Crippen LogP contribution in [-0.2, 0) is 4.79 Å². The van der Waals surface area contributed by atoms with E-state index >= 15 is 0 Å². The molecule has 3 rings (SSSR count). The summed E-state index contributed by atoms with van der Waals surface area (Å²) in [4.78, 5) is 37.2. The Labute approximate surface area is 201 Å². The Hall–Kier alpha value is -4.86. The van der Waals surface area contributed by atoms with Gasteiger partial charge in [-0.25, -0.2) is 0 Å². The topological polar surface area (TPSA) is 129 Å². The van der Waals surface area contributed by atoms with Crippen molar-refractivity contribution in [2.75, 3.05) is 26.6 Å². The van der Waals surface area contributed by atoms with E-state index in [1.165, 1.54) is 39.5 Å². The molecule has 0 fully saturated rings. The molecule has 0 aromatic heterocycles. The molecule has 0 saturated heterocycles. The third-order valence-corrected chi connectivity index (χ3v) is 4.91. The maximum absolute atomic E-state index is 13.2. The molecule has 0 aliphatic heterocycles. The summed E-state index contributed by atoms with van der Waals surface area (Å²) in [5.41, 5.74) is 0.0810. The molecule has 0 aliphatic rings. The van der Waals surface area contributed by atoms with Crippen LogP contribution < -0.4 is 24.8 Å². The van der Waals surface area contributed by atoms with Gasteiger partial charge in [-0.3, -0.25) is 19.7 Å². The third kappa shape index (κ3) is 5.93. The number of nitro groups is 1. The van der Waals surface area contributed by atoms with Crippen LogP contribution in [0.5, 0.6) is 17.2 Å². The summed E-state index contributed by atoms with van der Waals surface area (Å²) < 4.78 is 15.7. The molecule has 0 unspecified atom stereocenters. The van der Waals surface area contributed by atoms with Gasteiger partial charge in [0.25, 0.3) is 17.5 Å². The first-order chi connectivity index (χ1) is 16.9. The molecular formula is C25H23N3O7. The highest BCUT2D eigenvalue weighted by Crippen LogP contribution is 2.35. The minimum Gasteiger partial charge on any atom is -0.495 e. The Morgan fingerprint density at radius 3 is 2.09 bits per heavy atom. The van der Waals surface area contributed by atoms with Crippen LogP contribution in [0.15, 0.2) is 72.4 Å². The minimum absolute atomic E-state index is 0.0196. The smallest absolute Gasteiger partial charge is 0.280 e. The predicted octanol–water partition coefficient (Wildman–Crippen LogP) is 4.03. The van der Waals surface area contributed by atoms with Gasteiger partial charge in [-0.15, -0.1) is 0 Å². The lowest BCUT2D eigenvalue weighted by Crippen LogP contribution is -2.30. The zero-order chi connectivity index (χ0) is 25.4. The Morgan fingerprint density at radius 1 is 0.857 bits per heavy atom. The fourth-order valence-electron chi connectivity index (χ4n) is 3.19. The highest BCUT2D eigenvalue weighted by molar-refractivity contribution is 6.11. The van der Waals surface area contributed by atoms with Crippen LogP contribution in [0, 0.1) is 10.1 Å². The molecular weight excluding hydrogens is 454 g/mol. The normalized spacial score (nSPS) is 10.8. The fourth-order valence-corrected chi connectivity index (χ4v) is 3.19. The van der Waals surface area contributed by atoms with Gasteiger partial charge in [-0.2, -0.15) is 0 Å². The summed E-state index contributed by atoms with van der Waals surface area (Å²) in [5.74, 6) is -0.544. The van der Waals surface area contributed by atoms with E-state index in [0.717, 1.165) is 0 Å². The standard InChI is InChI=1S/C25H23N3O7/c1-33-21-12-8-7-11-18(21)26-25(30)19(27-24(29)16-9-5-4-6-10-16)13-17-14-22(34-2)23(35-3)15-20(17)28(31)32/h4-15H,1-3H3,(H,26,30)(H,27,29)/b19-13+. The first-order valence-electron chi connectivity index (χ1n) is 10.3. The molecule has 10 nitrogen and oxygen atoms in total. The SMILES string of the molecule is COc1ccccc1NC(=O)/C(=C\c1cc(OC)c(OC)cc1[N+](=O)[O-])NC(=O)c1ccccc1. The number of methoxy groups -OCH3 is 3. The minimum atomic E-state index is -0.720. The fraction of sp³-hybridized carbons (Fsp3) is 0.120. The number of nitrogens with one attached hydrogen (secondary N) is 2. The van der Waals surface area contributed by atoms with Crippen LogP contribution in [0.2, 0.25) is 0 Å². The van der Waals surface area contributed by atoms with Gasteiger partial charge in [0.05, 0.1) is 43.6 Å². The van der Waals surface area contributed by atoms with Crippen LogP contribution in [0.1, 0.15) is 15.9 Å². The van der Waals surface area contributed by atoms with Crippen molar-refractivity contribution in [2.24, 2.45) is 0 Å². The first kappa shape index (κ1) is 24.8. The number of nitrogens with zero attached hydrogens (tertiary/aromatic N) is 1. The maximum atomic E-state index is 13.2. The maximum Gasteiger partial charge on any atom is 0.280 e. The van der Waals surface area contributed by atoms with Gasteiger partial charge in [0.15, 0.2) is 11.5 Å². The Morgan fingerprint density at radius 2 is 1.46 bits per heavy atom. The van der Waals surface area contributed by atoms with Crippen molar-refractivity contribution < 1.29 is 28.7 Å². The van der Waals surface area contributed by atoms with Crippen LogP contribution in [0.3, 0.4) is 0 Å². The lowest BCUT2D eigenvalue weighted by atomic mass is 10.1. The van der Waals surface area contributed by atoms with Crippen molar-refractivity contribution >= 4 is 29.3 Å².